The van der Waals surface area contributed by atoms with E-state index >= 15 is 0 Å². The van der Waals surface area contributed by atoms with Gasteiger partial charge in [0.15, 0.2) is 0 Å². The van der Waals surface area contributed by atoms with Crippen LogP contribution < -0.4 is 19.1 Å². The number of carbonyl (C=O) groups excluding carboxylic acids is 1. The summed E-state index contributed by atoms with van der Waals surface area (Å²) in [6, 6.07) is 13.4. The first-order valence-electron chi connectivity index (χ1n) is 9.37. The molecule has 0 unspecified atom stereocenters. The molecule has 0 aliphatic carbocycles. The van der Waals surface area contributed by atoms with Crippen LogP contribution in [0.25, 0.3) is 0 Å². The van der Waals surface area contributed by atoms with Gasteiger partial charge in [-0.05, 0) is 37.6 Å². The van der Waals surface area contributed by atoms with Gasteiger partial charge in [0.2, 0.25) is 15.9 Å². The van der Waals surface area contributed by atoms with E-state index in [1.807, 2.05) is 31.2 Å². The number of anilines is 1. The number of hydrogen-bond donors (Lipinski definition) is 1. The van der Waals surface area contributed by atoms with Crippen LogP contribution in [0.1, 0.15) is 18.9 Å². The first-order chi connectivity index (χ1) is 13.8. The summed E-state index contributed by atoms with van der Waals surface area (Å²) in [5.74, 6) is 0.845. The van der Waals surface area contributed by atoms with Gasteiger partial charge in [0.1, 0.15) is 24.1 Å². The molecule has 8 heteroatoms. The molecular formula is C21H28N2O5S. The van der Waals surface area contributed by atoms with Crippen LogP contribution in [0, 0.1) is 6.92 Å². The molecule has 0 aliphatic rings. The summed E-state index contributed by atoms with van der Waals surface area (Å²) in [4.78, 5) is 12.7. The molecule has 158 valence electrons. The molecule has 0 fully saturated rings. The molecule has 0 aromatic heterocycles. The van der Waals surface area contributed by atoms with Crippen molar-refractivity contribution in [3.05, 3.63) is 54.1 Å². The number of aryl methyl sites for hydroxylation is 1. The Labute approximate surface area is 172 Å². The number of nitrogens with zero attached hydrogens (tertiary/aromatic N) is 1. The molecule has 1 atom stereocenters. The molecule has 29 heavy (non-hydrogen) atoms. The lowest BCUT2D eigenvalue weighted by molar-refractivity contribution is -0.122. The largest absolute Gasteiger partial charge is 0.497 e. The fourth-order valence-corrected chi connectivity index (χ4v) is 4.11. The van der Waals surface area contributed by atoms with Gasteiger partial charge in [-0.15, -0.1) is 0 Å². The van der Waals surface area contributed by atoms with Crippen molar-refractivity contribution in [2.24, 2.45) is 0 Å². The maximum Gasteiger partial charge on any atom is 0.244 e. The van der Waals surface area contributed by atoms with Gasteiger partial charge in [0, 0.05) is 6.07 Å². The zero-order valence-corrected chi connectivity index (χ0v) is 18.0. The minimum absolute atomic E-state index is 0.263. The molecule has 0 heterocycles. The van der Waals surface area contributed by atoms with Gasteiger partial charge in [-0.25, -0.2) is 8.42 Å². The molecule has 0 radical (unpaired) electrons. The lowest BCUT2D eigenvalue weighted by Crippen LogP contribution is -2.50. The lowest BCUT2D eigenvalue weighted by atomic mass is 10.2. The zero-order chi connectivity index (χ0) is 21.4. The molecule has 1 N–H and O–H groups in total. The zero-order valence-electron chi connectivity index (χ0n) is 17.2. The van der Waals surface area contributed by atoms with Gasteiger partial charge in [0.25, 0.3) is 0 Å². The molecule has 0 bridgehead atoms. The summed E-state index contributed by atoms with van der Waals surface area (Å²) in [5.41, 5.74) is 1.51. The third kappa shape index (κ3) is 6.39. The Kier molecular flexibility index (Phi) is 7.90. The third-order valence-electron chi connectivity index (χ3n) is 4.33. The Morgan fingerprint density at radius 1 is 1.14 bits per heavy atom. The summed E-state index contributed by atoms with van der Waals surface area (Å²) >= 11 is 0. The minimum Gasteiger partial charge on any atom is -0.497 e. The van der Waals surface area contributed by atoms with Crippen LogP contribution in [0.4, 0.5) is 5.69 Å². The number of hydrogen-bond acceptors (Lipinski definition) is 5. The van der Waals surface area contributed by atoms with E-state index in [0.29, 0.717) is 23.6 Å². The Morgan fingerprint density at radius 3 is 2.41 bits per heavy atom. The van der Waals surface area contributed by atoms with E-state index in [2.05, 4.69) is 5.32 Å². The SMILES string of the molecule is CC[C@H](C(=O)NCCOc1ccc(C)cc1)N(c1cccc(OC)c1)S(C)(=O)=O. The van der Waals surface area contributed by atoms with Crippen LogP contribution in [0.2, 0.25) is 0 Å². The van der Waals surface area contributed by atoms with Crippen molar-refractivity contribution >= 4 is 21.6 Å². The van der Waals surface area contributed by atoms with Crippen molar-refractivity contribution in [3.8, 4) is 11.5 Å². The fraction of sp³-hybridized carbons (Fsp3) is 0.381. The first kappa shape index (κ1) is 22.5. The number of carbonyl (C=O) groups is 1. The molecule has 0 saturated carbocycles. The van der Waals surface area contributed by atoms with Crippen molar-refractivity contribution in [2.75, 3.05) is 30.8 Å². The second kappa shape index (κ2) is 10.2. The fourth-order valence-electron chi connectivity index (χ4n) is 2.90. The molecule has 0 saturated heterocycles. The lowest BCUT2D eigenvalue weighted by Gasteiger charge is -2.30. The summed E-state index contributed by atoms with van der Waals surface area (Å²) in [6.07, 6.45) is 1.40. The predicted molar refractivity (Wildman–Crippen MR) is 114 cm³/mol. The summed E-state index contributed by atoms with van der Waals surface area (Å²) in [5, 5.41) is 2.76. The quantitative estimate of drug-likeness (QED) is 0.598. The summed E-state index contributed by atoms with van der Waals surface area (Å²) in [7, 11) is -2.19. The van der Waals surface area contributed by atoms with Crippen LogP contribution in [0.15, 0.2) is 48.5 Å². The molecular weight excluding hydrogens is 392 g/mol. The average Bonchev–Trinajstić information content (AvgIpc) is 2.69. The van der Waals surface area contributed by atoms with Gasteiger partial charge >= 0.3 is 0 Å². The number of nitrogens with one attached hydrogen (secondary N) is 1. The second-order valence-electron chi connectivity index (χ2n) is 6.64. The molecule has 0 aliphatic heterocycles. The number of rotatable bonds is 10. The molecule has 2 aromatic rings. The summed E-state index contributed by atoms with van der Waals surface area (Å²) in [6.45, 7) is 4.30. The highest BCUT2D eigenvalue weighted by Crippen LogP contribution is 2.26. The van der Waals surface area contributed by atoms with Gasteiger partial charge in [-0.1, -0.05) is 30.7 Å². The Morgan fingerprint density at radius 2 is 1.83 bits per heavy atom. The predicted octanol–water partition coefficient (Wildman–Crippen LogP) is 2.74. The number of benzene rings is 2. The van der Waals surface area contributed by atoms with Crippen molar-refractivity contribution < 1.29 is 22.7 Å². The molecule has 1 amide bonds. The molecule has 7 nitrogen and oxygen atoms in total. The van der Waals surface area contributed by atoms with E-state index in [-0.39, 0.29) is 19.1 Å². The maximum atomic E-state index is 12.7. The molecule has 2 rings (SSSR count). The third-order valence-corrected chi connectivity index (χ3v) is 5.51. The van der Waals surface area contributed by atoms with Gasteiger partial charge in [-0.3, -0.25) is 9.10 Å². The number of methoxy groups -OCH3 is 1. The first-order valence-corrected chi connectivity index (χ1v) is 11.2. The van der Waals surface area contributed by atoms with Gasteiger partial charge in [-0.2, -0.15) is 0 Å². The van der Waals surface area contributed by atoms with Crippen molar-refractivity contribution in [1.82, 2.24) is 5.32 Å². The Bertz CT molecular complexity index is 913. The molecule has 0 spiro atoms. The van der Waals surface area contributed by atoms with Crippen molar-refractivity contribution in [2.45, 2.75) is 26.3 Å². The smallest absolute Gasteiger partial charge is 0.244 e. The number of sulfonamides is 1. The topological polar surface area (TPSA) is 84.9 Å². The standard InChI is InChI=1S/C21H28N2O5S/c1-5-20(21(24)22-13-14-28-18-11-9-16(2)10-12-18)23(29(4,25)26)17-7-6-8-19(15-17)27-3/h6-12,15,20H,5,13-14H2,1-4H3,(H,22,24)/t20-/m1/s1. The number of amides is 1. The highest BCUT2D eigenvalue weighted by atomic mass is 32.2. The van der Waals surface area contributed by atoms with E-state index in [1.54, 1.807) is 31.2 Å². The van der Waals surface area contributed by atoms with Crippen molar-refractivity contribution in [3.63, 3.8) is 0 Å². The highest BCUT2D eigenvalue weighted by molar-refractivity contribution is 7.92. The van der Waals surface area contributed by atoms with E-state index < -0.39 is 16.1 Å². The van der Waals surface area contributed by atoms with E-state index in [0.717, 1.165) is 16.1 Å². The van der Waals surface area contributed by atoms with Gasteiger partial charge in [0.05, 0.1) is 25.6 Å². The van der Waals surface area contributed by atoms with Crippen LogP contribution >= 0.6 is 0 Å². The average molecular weight is 421 g/mol. The maximum absolute atomic E-state index is 12.7. The van der Waals surface area contributed by atoms with Crippen LogP contribution in [0.5, 0.6) is 11.5 Å². The van der Waals surface area contributed by atoms with Crippen LogP contribution in [-0.2, 0) is 14.8 Å². The summed E-state index contributed by atoms with van der Waals surface area (Å²) < 4.78 is 36.8. The van der Waals surface area contributed by atoms with Crippen molar-refractivity contribution in [1.29, 1.82) is 0 Å². The van der Waals surface area contributed by atoms with Gasteiger partial charge < -0.3 is 14.8 Å². The van der Waals surface area contributed by atoms with E-state index in [4.69, 9.17) is 9.47 Å². The number of ether oxygens (including phenoxy) is 2. The normalized spacial score (nSPS) is 12.1. The van der Waals surface area contributed by atoms with E-state index in [1.165, 1.54) is 7.11 Å². The van der Waals surface area contributed by atoms with Crippen LogP contribution in [0.3, 0.4) is 0 Å². The minimum atomic E-state index is -3.69. The van der Waals surface area contributed by atoms with E-state index in [9.17, 15) is 13.2 Å². The Hall–Kier alpha value is -2.74. The Balaban J connectivity index is 2.06. The highest BCUT2D eigenvalue weighted by Gasteiger charge is 2.31. The molecule has 2 aromatic carbocycles. The monoisotopic (exact) mass is 420 g/mol. The van der Waals surface area contributed by atoms with Crippen LogP contribution in [-0.4, -0.2) is 46.9 Å². The second-order valence-corrected chi connectivity index (χ2v) is 8.50.